The number of rotatable bonds is 13. The van der Waals surface area contributed by atoms with E-state index < -0.39 is 17.3 Å². The fourth-order valence-corrected chi connectivity index (χ4v) is 4.45. The van der Waals surface area contributed by atoms with E-state index in [0.717, 1.165) is 34.3 Å². The van der Waals surface area contributed by atoms with Crippen molar-refractivity contribution >= 4 is 23.5 Å². The monoisotopic (exact) mass is 569 g/mol. The van der Waals surface area contributed by atoms with Crippen molar-refractivity contribution < 1.29 is 29.9 Å². The first-order chi connectivity index (χ1) is 19.3. The molecule has 0 amide bonds. The summed E-state index contributed by atoms with van der Waals surface area (Å²) < 4.78 is 1.65. The van der Waals surface area contributed by atoms with Crippen LogP contribution in [0.15, 0.2) is 48.5 Å². The lowest BCUT2D eigenvalue weighted by atomic mass is 9.98. The van der Waals surface area contributed by atoms with Crippen LogP contribution in [0.5, 0.6) is 0 Å². The summed E-state index contributed by atoms with van der Waals surface area (Å²) in [5, 5.41) is 38.5. The highest BCUT2D eigenvalue weighted by molar-refractivity contribution is 6.32. The number of nitrogens with zero attached hydrogens (tertiary/aromatic N) is 7. The molecule has 0 radical (unpaired) electrons. The van der Waals surface area contributed by atoms with E-state index in [1.54, 1.807) is 4.57 Å². The summed E-state index contributed by atoms with van der Waals surface area (Å²) in [4.78, 5) is 33.9. The van der Waals surface area contributed by atoms with Gasteiger partial charge in [-0.2, -0.15) is 0 Å². The molecule has 2 aromatic carbocycles. The van der Waals surface area contributed by atoms with E-state index in [4.69, 9.17) is 22.0 Å². The molecule has 0 saturated carbocycles. The Bertz CT molecular complexity index is 1470. The number of tetrazole rings is 1. The minimum atomic E-state index is -1.12. The molecule has 210 valence electrons. The molecular weight excluding hydrogens is 542 g/mol. The molecule has 13 nitrogen and oxygen atoms in total. The zero-order valence-electron chi connectivity index (χ0n) is 21.6. The normalized spacial score (nSPS) is 11.3. The van der Waals surface area contributed by atoms with Crippen LogP contribution in [-0.4, -0.2) is 69.2 Å². The maximum atomic E-state index is 12.4. The van der Waals surface area contributed by atoms with Crippen LogP contribution < -0.4 is 0 Å². The van der Waals surface area contributed by atoms with Crippen molar-refractivity contribution in [3.8, 4) is 22.5 Å². The van der Waals surface area contributed by atoms with Crippen LogP contribution in [0.3, 0.4) is 0 Å². The Morgan fingerprint density at radius 3 is 2.45 bits per heavy atom. The molecule has 4 rings (SSSR count). The summed E-state index contributed by atoms with van der Waals surface area (Å²) in [6.07, 6.45) is 2.67. The van der Waals surface area contributed by atoms with E-state index >= 15 is 0 Å². The van der Waals surface area contributed by atoms with Crippen LogP contribution >= 0.6 is 11.6 Å². The number of unbranched alkanes of at least 4 members (excludes halogenated alkanes) is 1. The Hall–Kier alpha value is -4.01. The van der Waals surface area contributed by atoms with Crippen LogP contribution in [-0.2, 0) is 17.8 Å². The van der Waals surface area contributed by atoms with Gasteiger partial charge < -0.3 is 9.67 Å². The number of imidazole rings is 1. The van der Waals surface area contributed by atoms with E-state index in [1.165, 1.54) is 0 Å². The number of carboxylic acid groups (broad SMARTS) is 1. The number of aromatic nitrogens is 6. The smallest absolute Gasteiger partial charge is 0.355 e. The molecular formula is C26H28ClN7O6. The third kappa shape index (κ3) is 6.94. The highest BCUT2D eigenvalue weighted by Gasteiger charge is 2.22. The quantitative estimate of drug-likeness (QED) is 0.154. The van der Waals surface area contributed by atoms with Gasteiger partial charge in [0.1, 0.15) is 5.82 Å². The molecule has 0 atom stereocenters. The molecule has 0 fully saturated rings. The molecule has 0 spiro atoms. The average molecular weight is 570 g/mol. The van der Waals surface area contributed by atoms with Crippen molar-refractivity contribution in [1.29, 1.82) is 0 Å². The van der Waals surface area contributed by atoms with Gasteiger partial charge in [0, 0.05) is 24.9 Å². The zero-order chi connectivity index (χ0) is 28.6. The highest BCUT2D eigenvalue weighted by atomic mass is 35.5. The fourth-order valence-electron chi connectivity index (χ4n) is 4.17. The van der Waals surface area contributed by atoms with Crippen LogP contribution in [0.2, 0.25) is 5.15 Å². The van der Waals surface area contributed by atoms with Gasteiger partial charge in [-0.1, -0.05) is 78.3 Å². The van der Waals surface area contributed by atoms with Gasteiger partial charge in [0.2, 0.25) is 5.82 Å². The van der Waals surface area contributed by atoms with Crippen molar-refractivity contribution in [1.82, 2.24) is 35.1 Å². The number of benzene rings is 2. The minimum Gasteiger partial charge on any atom is -0.476 e. The molecule has 0 bridgehead atoms. The van der Waals surface area contributed by atoms with Crippen LogP contribution in [0.4, 0.5) is 0 Å². The third-order valence-corrected chi connectivity index (χ3v) is 6.38. The van der Waals surface area contributed by atoms with Gasteiger partial charge in [-0.05, 0) is 34.7 Å². The maximum Gasteiger partial charge on any atom is 0.355 e. The molecule has 0 unspecified atom stereocenters. The maximum absolute atomic E-state index is 12.4. The number of hydrogen-bond acceptors (Lipinski definition) is 10. The Balaban J connectivity index is 1.53. The number of hydrogen-bond donors (Lipinski definition) is 3. The summed E-state index contributed by atoms with van der Waals surface area (Å²) in [6, 6.07) is 15.1. The second-order valence-electron chi connectivity index (χ2n) is 8.89. The summed E-state index contributed by atoms with van der Waals surface area (Å²) in [5.41, 5.74) is 3.21. The van der Waals surface area contributed by atoms with E-state index in [2.05, 4.69) is 32.2 Å². The van der Waals surface area contributed by atoms with Crippen LogP contribution in [0.25, 0.3) is 22.5 Å². The Kier molecular flexibility index (Phi) is 9.69. The summed E-state index contributed by atoms with van der Waals surface area (Å²) >= 11 is 6.16. The number of carbonyl (C=O) groups is 2. The zero-order valence-corrected chi connectivity index (χ0v) is 22.4. The van der Waals surface area contributed by atoms with E-state index in [-0.39, 0.29) is 36.1 Å². The highest BCUT2D eigenvalue weighted by Crippen LogP contribution is 2.30. The number of carboxylic acids is 1. The number of aryl methyl sites for hydroxylation is 1. The Morgan fingerprint density at radius 2 is 1.77 bits per heavy atom. The van der Waals surface area contributed by atoms with E-state index in [1.807, 2.05) is 48.5 Å². The first-order valence-corrected chi connectivity index (χ1v) is 13.0. The Morgan fingerprint density at radius 1 is 1.05 bits per heavy atom. The second-order valence-corrected chi connectivity index (χ2v) is 9.25. The SMILES string of the molecule is CCCCc1nc(Cl)c(C(=O)O)n1Cc1ccc(-c2ccccc2-c2nnn(C(=O)CCCON(O)O)n2)cc1. The van der Waals surface area contributed by atoms with Gasteiger partial charge in [0.15, 0.2) is 10.8 Å². The molecule has 0 aliphatic rings. The van der Waals surface area contributed by atoms with Gasteiger partial charge in [0.25, 0.3) is 5.91 Å². The molecule has 0 aliphatic heterocycles. The van der Waals surface area contributed by atoms with Gasteiger partial charge in [-0.25, -0.2) is 9.78 Å². The largest absolute Gasteiger partial charge is 0.476 e. The third-order valence-electron chi connectivity index (χ3n) is 6.11. The van der Waals surface area contributed by atoms with Gasteiger partial charge in [-0.15, -0.1) is 10.2 Å². The van der Waals surface area contributed by atoms with Gasteiger partial charge in [-0.3, -0.25) is 20.0 Å². The summed E-state index contributed by atoms with van der Waals surface area (Å²) in [7, 11) is 0. The summed E-state index contributed by atoms with van der Waals surface area (Å²) in [6.45, 7) is 2.28. The molecule has 14 heteroatoms. The molecule has 40 heavy (non-hydrogen) atoms. The van der Waals surface area contributed by atoms with Crippen molar-refractivity contribution in [2.24, 2.45) is 0 Å². The van der Waals surface area contributed by atoms with Crippen LogP contribution in [0, 0.1) is 0 Å². The van der Waals surface area contributed by atoms with Crippen molar-refractivity contribution in [3.63, 3.8) is 0 Å². The van der Waals surface area contributed by atoms with Crippen molar-refractivity contribution in [2.75, 3.05) is 6.61 Å². The predicted octanol–water partition coefficient (Wildman–Crippen LogP) is 4.38. The molecule has 4 aromatic rings. The fraction of sp³-hybridized carbons (Fsp3) is 0.308. The summed E-state index contributed by atoms with van der Waals surface area (Å²) in [5.74, 6) is -0.648. The first kappa shape index (κ1) is 29.0. The van der Waals surface area contributed by atoms with E-state index in [0.29, 0.717) is 24.4 Å². The topological polar surface area (TPSA) is 169 Å². The lowest BCUT2D eigenvalue weighted by Gasteiger charge is -2.12. The van der Waals surface area contributed by atoms with Crippen molar-refractivity contribution in [3.05, 3.63) is 70.8 Å². The van der Waals surface area contributed by atoms with Gasteiger partial charge >= 0.3 is 5.97 Å². The Labute approximate surface area is 234 Å². The van der Waals surface area contributed by atoms with E-state index in [9.17, 15) is 14.7 Å². The second kappa shape index (κ2) is 13.4. The lowest BCUT2D eigenvalue weighted by Crippen LogP contribution is -2.18. The molecule has 0 saturated heterocycles. The predicted molar refractivity (Wildman–Crippen MR) is 142 cm³/mol. The van der Waals surface area contributed by atoms with Gasteiger partial charge in [0.05, 0.1) is 12.0 Å². The first-order valence-electron chi connectivity index (χ1n) is 12.6. The molecule has 3 N–H and O–H groups in total. The molecule has 2 aromatic heterocycles. The molecule has 0 aliphatic carbocycles. The number of aromatic carboxylic acids is 1. The average Bonchev–Trinajstić information content (AvgIpc) is 3.55. The molecule has 2 heterocycles. The standard InChI is InChI=1S/C26H28ClN7O6/c1-2-3-9-21-28-24(27)23(26(36)37)32(21)16-17-11-13-18(14-12-17)19-7-4-5-8-20(19)25-29-31-33(30-25)22(35)10-6-15-40-34(38)39/h4-5,7-8,11-14,38-39H,2-3,6,9-10,15-16H2,1H3,(H,36,37). The van der Waals surface area contributed by atoms with Crippen molar-refractivity contribution in [2.45, 2.75) is 45.6 Å². The van der Waals surface area contributed by atoms with Crippen LogP contribution in [0.1, 0.15) is 59.3 Å². The number of carbonyl (C=O) groups excluding carboxylic acids is 1. The number of halogens is 1. The lowest BCUT2D eigenvalue weighted by molar-refractivity contribution is -0.492. The minimum absolute atomic E-state index is 0.0125.